The summed E-state index contributed by atoms with van der Waals surface area (Å²) >= 11 is 0. The number of benzene rings is 3. The molecule has 1 aliphatic rings. The lowest BCUT2D eigenvalue weighted by Crippen LogP contribution is -2.31. The molecule has 0 aromatic heterocycles. The summed E-state index contributed by atoms with van der Waals surface area (Å²) < 4.78 is 5.93. The highest BCUT2D eigenvalue weighted by Gasteiger charge is 2.31. The minimum Gasteiger partial charge on any atom is -0.457 e. The van der Waals surface area contributed by atoms with Crippen molar-refractivity contribution in [1.82, 2.24) is 5.32 Å². The maximum absolute atomic E-state index is 12.9. The normalized spacial score (nSPS) is 12.0. The molecule has 1 aliphatic heterocycles. The number of carbonyl (C=O) groups is 1. The highest BCUT2D eigenvalue weighted by atomic mass is 16.5. The minimum atomic E-state index is -0.394. The van der Waals surface area contributed by atoms with Crippen molar-refractivity contribution < 1.29 is 9.53 Å². The molecule has 3 aromatic carbocycles. The largest absolute Gasteiger partial charge is 0.457 e. The third-order valence-corrected chi connectivity index (χ3v) is 4.30. The maximum atomic E-state index is 12.9. The lowest BCUT2D eigenvalue weighted by molar-refractivity contribution is -0.121. The molecule has 1 amide bonds. The van der Waals surface area contributed by atoms with Crippen molar-refractivity contribution >= 4 is 5.91 Å². The molecule has 0 spiro atoms. The van der Waals surface area contributed by atoms with Crippen LogP contribution in [0.15, 0.2) is 78.9 Å². The Labute approximate surface area is 152 Å². The van der Waals surface area contributed by atoms with E-state index in [-0.39, 0.29) is 5.91 Å². The van der Waals surface area contributed by atoms with Crippen LogP contribution >= 0.6 is 0 Å². The number of hydrogen-bond donors (Lipinski definition) is 1. The van der Waals surface area contributed by atoms with Crippen molar-refractivity contribution in [2.75, 3.05) is 6.54 Å². The summed E-state index contributed by atoms with van der Waals surface area (Å²) in [6.07, 6.45) is 0. The topological polar surface area (TPSA) is 38.3 Å². The maximum Gasteiger partial charge on any atom is 0.233 e. The van der Waals surface area contributed by atoms with Crippen molar-refractivity contribution in [3.63, 3.8) is 0 Å². The number of amides is 1. The predicted molar refractivity (Wildman–Crippen MR) is 101 cm³/mol. The molecule has 0 fully saturated rings. The molecular weight excluding hydrogens is 322 g/mol. The molecule has 126 valence electrons. The summed E-state index contributed by atoms with van der Waals surface area (Å²) in [5, 5.41) is 2.94. The molecule has 0 aliphatic carbocycles. The first-order valence-corrected chi connectivity index (χ1v) is 8.50. The van der Waals surface area contributed by atoms with E-state index in [4.69, 9.17) is 4.74 Å². The number of fused-ring (bicyclic) bond motifs is 2. The summed E-state index contributed by atoms with van der Waals surface area (Å²) in [7, 11) is 0. The monoisotopic (exact) mass is 339 g/mol. The van der Waals surface area contributed by atoms with Crippen LogP contribution in [0.5, 0.6) is 11.5 Å². The number of hydrogen-bond acceptors (Lipinski definition) is 2. The lowest BCUT2D eigenvalue weighted by Gasteiger charge is -2.27. The average molecular weight is 339 g/mol. The Bertz CT molecular complexity index is 954. The van der Waals surface area contributed by atoms with Crippen LogP contribution in [0.25, 0.3) is 0 Å². The Morgan fingerprint density at radius 1 is 0.846 bits per heavy atom. The fraction of sp³-hybridized carbons (Fsp3) is 0.0870. The molecule has 0 bridgehead atoms. The lowest BCUT2D eigenvalue weighted by atomic mass is 9.87. The number of para-hydroxylation sites is 2. The van der Waals surface area contributed by atoms with Gasteiger partial charge in [0.2, 0.25) is 5.91 Å². The smallest absolute Gasteiger partial charge is 0.233 e. The van der Waals surface area contributed by atoms with Crippen molar-refractivity contribution in [3.05, 3.63) is 95.6 Å². The highest BCUT2D eigenvalue weighted by Crippen LogP contribution is 2.43. The SMILES string of the molecule is O=C(NCC#Cc1ccccc1)C1c2ccccc2Oc2ccccc21. The van der Waals surface area contributed by atoms with E-state index in [1.54, 1.807) is 0 Å². The van der Waals surface area contributed by atoms with Gasteiger partial charge in [0.05, 0.1) is 12.5 Å². The first kappa shape index (κ1) is 16.0. The molecule has 0 unspecified atom stereocenters. The van der Waals surface area contributed by atoms with Crippen LogP contribution in [0.4, 0.5) is 0 Å². The zero-order valence-corrected chi connectivity index (χ0v) is 14.1. The van der Waals surface area contributed by atoms with E-state index in [1.807, 2.05) is 78.9 Å². The van der Waals surface area contributed by atoms with E-state index in [2.05, 4.69) is 17.2 Å². The van der Waals surface area contributed by atoms with Gasteiger partial charge in [0, 0.05) is 16.7 Å². The predicted octanol–water partition coefficient (Wildman–Crippen LogP) is 4.09. The second-order valence-corrected chi connectivity index (χ2v) is 6.00. The van der Waals surface area contributed by atoms with Crippen LogP contribution in [0.3, 0.4) is 0 Å². The van der Waals surface area contributed by atoms with Crippen LogP contribution in [0.1, 0.15) is 22.6 Å². The number of rotatable bonds is 2. The van der Waals surface area contributed by atoms with Gasteiger partial charge in [-0.2, -0.15) is 0 Å². The zero-order valence-electron chi connectivity index (χ0n) is 14.1. The van der Waals surface area contributed by atoms with E-state index >= 15 is 0 Å². The molecule has 3 aromatic rings. The van der Waals surface area contributed by atoms with Crippen LogP contribution < -0.4 is 10.1 Å². The Balaban J connectivity index is 1.55. The average Bonchev–Trinajstić information content (AvgIpc) is 2.70. The van der Waals surface area contributed by atoms with Gasteiger partial charge < -0.3 is 10.1 Å². The minimum absolute atomic E-state index is 0.0736. The summed E-state index contributed by atoms with van der Waals surface area (Å²) in [4.78, 5) is 12.9. The number of carbonyl (C=O) groups excluding carboxylic acids is 1. The molecule has 0 atom stereocenters. The first-order chi connectivity index (χ1) is 12.8. The number of nitrogens with one attached hydrogen (secondary N) is 1. The molecule has 4 rings (SSSR count). The van der Waals surface area contributed by atoms with Gasteiger partial charge in [-0.15, -0.1) is 0 Å². The summed E-state index contributed by atoms with van der Waals surface area (Å²) in [5.74, 6) is 7.04. The molecule has 0 radical (unpaired) electrons. The van der Waals surface area contributed by atoms with Gasteiger partial charge >= 0.3 is 0 Å². The van der Waals surface area contributed by atoms with Gasteiger partial charge in [-0.1, -0.05) is 66.4 Å². The van der Waals surface area contributed by atoms with E-state index in [9.17, 15) is 4.79 Å². The van der Waals surface area contributed by atoms with Gasteiger partial charge in [-0.3, -0.25) is 4.79 Å². The summed E-state index contributed by atoms with van der Waals surface area (Å²) in [6.45, 7) is 0.301. The van der Waals surface area contributed by atoms with Crippen molar-refractivity contribution in [2.24, 2.45) is 0 Å². The Morgan fingerprint density at radius 2 is 1.42 bits per heavy atom. The highest BCUT2D eigenvalue weighted by molar-refractivity contribution is 5.89. The van der Waals surface area contributed by atoms with Crippen LogP contribution in [-0.2, 0) is 4.79 Å². The Hall–Kier alpha value is -3.51. The molecule has 0 saturated heterocycles. The second-order valence-electron chi connectivity index (χ2n) is 6.00. The van der Waals surface area contributed by atoms with Gasteiger partial charge in [-0.05, 0) is 24.3 Å². The van der Waals surface area contributed by atoms with Gasteiger partial charge in [0.15, 0.2) is 0 Å². The standard InChI is InChI=1S/C23H17NO2/c25-23(24-16-8-11-17-9-2-1-3-10-17)22-18-12-4-6-14-20(18)26-21-15-7-5-13-19(21)22/h1-7,9-10,12-15,22H,16H2,(H,24,25). The quantitative estimate of drug-likeness (QED) is 0.714. The van der Waals surface area contributed by atoms with E-state index in [0.717, 1.165) is 28.2 Å². The second kappa shape index (κ2) is 7.16. The van der Waals surface area contributed by atoms with Gasteiger partial charge in [-0.25, -0.2) is 0 Å². The van der Waals surface area contributed by atoms with Crippen LogP contribution in [-0.4, -0.2) is 12.5 Å². The Kier molecular flexibility index (Phi) is 4.40. The number of ether oxygens (including phenoxy) is 1. The van der Waals surface area contributed by atoms with E-state index in [0.29, 0.717) is 6.54 Å². The van der Waals surface area contributed by atoms with Crippen LogP contribution in [0.2, 0.25) is 0 Å². The van der Waals surface area contributed by atoms with Crippen molar-refractivity contribution in [1.29, 1.82) is 0 Å². The fourth-order valence-corrected chi connectivity index (χ4v) is 3.09. The first-order valence-electron chi connectivity index (χ1n) is 8.50. The summed E-state index contributed by atoms with van der Waals surface area (Å²) in [6, 6.07) is 25.0. The molecule has 3 heteroatoms. The third kappa shape index (κ3) is 3.18. The molecular formula is C23H17NO2. The molecule has 0 saturated carbocycles. The van der Waals surface area contributed by atoms with Crippen molar-refractivity contribution in [2.45, 2.75) is 5.92 Å². The summed E-state index contributed by atoms with van der Waals surface area (Å²) in [5.41, 5.74) is 2.68. The zero-order chi connectivity index (χ0) is 17.8. The van der Waals surface area contributed by atoms with E-state index in [1.165, 1.54) is 0 Å². The molecule has 1 heterocycles. The van der Waals surface area contributed by atoms with Gasteiger partial charge in [0.25, 0.3) is 0 Å². The molecule has 26 heavy (non-hydrogen) atoms. The third-order valence-electron chi connectivity index (χ3n) is 4.30. The fourth-order valence-electron chi connectivity index (χ4n) is 3.09. The van der Waals surface area contributed by atoms with Crippen LogP contribution in [0, 0.1) is 11.8 Å². The van der Waals surface area contributed by atoms with E-state index < -0.39 is 5.92 Å². The molecule has 3 nitrogen and oxygen atoms in total. The van der Waals surface area contributed by atoms with Crippen molar-refractivity contribution in [3.8, 4) is 23.3 Å². The molecule has 1 N–H and O–H groups in total. The Morgan fingerprint density at radius 3 is 2.08 bits per heavy atom. The van der Waals surface area contributed by atoms with Gasteiger partial charge in [0.1, 0.15) is 11.5 Å².